The van der Waals surface area contributed by atoms with Gasteiger partial charge in [0.1, 0.15) is 11.3 Å². The third-order valence-electron chi connectivity index (χ3n) is 9.74. The summed E-state index contributed by atoms with van der Waals surface area (Å²) >= 11 is 0. The summed E-state index contributed by atoms with van der Waals surface area (Å²) in [5.74, 6) is 1.07. The topological polar surface area (TPSA) is 38.4 Å². The molecule has 2 aliphatic rings. The molecule has 3 nitrogen and oxygen atoms in total. The van der Waals surface area contributed by atoms with E-state index in [-0.39, 0.29) is 0 Å². The van der Waals surface area contributed by atoms with Crippen LogP contribution < -0.4 is 0 Å². The third kappa shape index (κ3) is 5.63. The summed E-state index contributed by atoms with van der Waals surface area (Å²) in [6.07, 6.45) is 15.5. The van der Waals surface area contributed by atoms with Crippen LogP contribution in [-0.2, 0) is 6.42 Å². The molecule has 50 heavy (non-hydrogen) atoms. The minimum Gasteiger partial charge on any atom is -0.460 e. The van der Waals surface area contributed by atoms with E-state index >= 15 is 0 Å². The van der Waals surface area contributed by atoms with Gasteiger partial charge in [-0.1, -0.05) is 133 Å². The van der Waals surface area contributed by atoms with E-state index in [9.17, 15) is 0 Å². The Balaban J connectivity index is 1.18. The maximum absolute atomic E-state index is 6.24. The number of nitrogens with zero attached hydrogens (tertiary/aromatic N) is 2. The molecule has 0 spiro atoms. The number of aliphatic imine (C=N–C) groups is 1. The van der Waals surface area contributed by atoms with Crippen molar-refractivity contribution in [1.29, 1.82) is 0 Å². The lowest BCUT2D eigenvalue weighted by molar-refractivity contribution is 0.546. The molecule has 2 aromatic heterocycles. The van der Waals surface area contributed by atoms with Gasteiger partial charge in [-0.05, 0) is 75.2 Å². The maximum Gasteiger partial charge on any atom is 0.134 e. The minimum atomic E-state index is 0.658. The Hall–Kier alpha value is -6.32. The van der Waals surface area contributed by atoms with E-state index in [1.165, 1.54) is 33.4 Å². The van der Waals surface area contributed by atoms with Gasteiger partial charge in [-0.15, -0.1) is 0 Å². The molecule has 7 aromatic rings. The van der Waals surface area contributed by atoms with Crippen molar-refractivity contribution in [2.24, 2.45) is 4.99 Å². The number of hydrogen-bond acceptors (Lipinski definition) is 3. The molecule has 1 aliphatic heterocycles. The van der Waals surface area contributed by atoms with E-state index in [2.05, 4.69) is 163 Å². The molecule has 3 heterocycles. The van der Waals surface area contributed by atoms with Gasteiger partial charge in [-0.2, -0.15) is 0 Å². The zero-order valence-electron chi connectivity index (χ0n) is 27.6. The highest BCUT2D eigenvalue weighted by molar-refractivity contribution is 6.11. The number of hydrogen-bond donors (Lipinski definition) is 0. The van der Waals surface area contributed by atoms with Crippen LogP contribution in [0.5, 0.6) is 0 Å². The molecule has 3 heteroatoms. The van der Waals surface area contributed by atoms with E-state index < -0.39 is 0 Å². The standard InChI is InChI=1S/C47H34N2O/c1-3-11-32(12-4-1)33-19-21-35(22-20-33)45-30-37(39-16-8-7-15-38(39)34-13-5-2-6-14-34)23-25-44(49-45)43-31-48-28-27-40(43)36-24-26-47-42(29-36)41-17-9-10-18-46(41)50-47/h1-9,11-17,19-24,26-31H,10,18,25H2. The van der Waals surface area contributed by atoms with Gasteiger partial charge in [0.25, 0.3) is 0 Å². The molecule has 9 rings (SSSR count). The second-order valence-electron chi connectivity index (χ2n) is 12.8. The van der Waals surface area contributed by atoms with Crippen LogP contribution >= 0.6 is 0 Å². The van der Waals surface area contributed by atoms with Gasteiger partial charge < -0.3 is 4.42 Å². The molecule has 0 atom stereocenters. The molecule has 0 bridgehead atoms. The molecular weight excluding hydrogens is 609 g/mol. The minimum absolute atomic E-state index is 0.658. The van der Waals surface area contributed by atoms with Crippen molar-refractivity contribution in [2.45, 2.75) is 19.3 Å². The molecule has 1 aliphatic carbocycles. The normalized spacial score (nSPS) is 14.0. The quantitative estimate of drug-likeness (QED) is 0.181. The molecule has 0 N–H and O–H groups in total. The summed E-state index contributed by atoms with van der Waals surface area (Å²) in [4.78, 5) is 10.1. The van der Waals surface area contributed by atoms with Crippen LogP contribution in [0, 0.1) is 0 Å². The van der Waals surface area contributed by atoms with E-state index in [1.807, 2.05) is 12.4 Å². The summed E-state index contributed by atoms with van der Waals surface area (Å²) in [7, 11) is 0. The van der Waals surface area contributed by atoms with Crippen LogP contribution in [0.1, 0.15) is 40.9 Å². The Morgan fingerprint density at radius 1 is 0.580 bits per heavy atom. The average Bonchev–Trinajstić information content (AvgIpc) is 3.42. The van der Waals surface area contributed by atoms with E-state index in [0.29, 0.717) is 6.42 Å². The first-order chi connectivity index (χ1) is 24.8. The van der Waals surface area contributed by atoms with Gasteiger partial charge in [-0.25, -0.2) is 0 Å². The molecule has 0 fully saturated rings. The molecule has 238 valence electrons. The zero-order chi connectivity index (χ0) is 33.3. The number of rotatable bonds is 6. The fourth-order valence-corrected chi connectivity index (χ4v) is 7.21. The summed E-state index contributed by atoms with van der Waals surface area (Å²) < 4.78 is 6.24. The first-order valence-corrected chi connectivity index (χ1v) is 17.3. The summed E-state index contributed by atoms with van der Waals surface area (Å²) in [5.41, 5.74) is 15.5. The van der Waals surface area contributed by atoms with Gasteiger partial charge in [0.2, 0.25) is 0 Å². The third-order valence-corrected chi connectivity index (χ3v) is 9.74. The van der Waals surface area contributed by atoms with Gasteiger partial charge in [0.05, 0.1) is 11.4 Å². The lowest BCUT2D eigenvalue weighted by Gasteiger charge is -2.12. The predicted octanol–water partition coefficient (Wildman–Crippen LogP) is 12.1. The first kappa shape index (κ1) is 29.8. The van der Waals surface area contributed by atoms with Crippen molar-refractivity contribution in [1.82, 2.24) is 4.98 Å². The largest absolute Gasteiger partial charge is 0.460 e. The Morgan fingerprint density at radius 3 is 2.08 bits per heavy atom. The van der Waals surface area contributed by atoms with Crippen molar-refractivity contribution >= 4 is 34.0 Å². The number of aromatic nitrogens is 1. The molecule has 0 unspecified atom stereocenters. The van der Waals surface area contributed by atoms with Crippen LogP contribution in [0.25, 0.3) is 61.7 Å². The number of aryl methyl sites for hydroxylation is 1. The Morgan fingerprint density at radius 2 is 1.26 bits per heavy atom. The summed E-state index contributed by atoms with van der Waals surface area (Å²) in [5, 5.41) is 1.15. The highest BCUT2D eigenvalue weighted by Crippen LogP contribution is 2.38. The van der Waals surface area contributed by atoms with Crippen LogP contribution in [0.4, 0.5) is 0 Å². The lowest BCUT2D eigenvalue weighted by atomic mass is 9.92. The zero-order valence-corrected chi connectivity index (χ0v) is 27.6. The number of benzene rings is 5. The highest BCUT2D eigenvalue weighted by atomic mass is 16.3. The Kier molecular flexibility index (Phi) is 7.71. The van der Waals surface area contributed by atoms with Crippen LogP contribution in [-0.4, -0.2) is 10.7 Å². The second kappa shape index (κ2) is 12.9. The van der Waals surface area contributed by atoms with Crippen molar-refractivity contribution in [2.75, 3.05) is 0 Å². The average molecular weight is 643 g/mol. The smallest absolute Gasteiger partial charge is 0.134 e. The van der Waals surface area contributed by atoms with Crippen LogP contribution in [0.3, 0.4) is 0 Å². The number of pyridine rings is 1. The predicted molar refractivity (Wildman–Crippen MR) is 208 cm³/mol. The monoisotopic (exact) mass is 642 g/mol. The van der Waals surface area contributed by atoms with Crippen molar-refractivity contribution in [3.63, 3.8) is 0 Å². The van der Waals surface area contributed by atoms with Gasteiger partial charge in [0.15, 0.2) is 0 Å². The number of fused-ring (bicyclic) bond motifs is 3. The van der Waals surface area contributed by atoms with E-state index in [4.69, 9.17) is 9.41 Å². The first-order valence-electron chi connectivity index (χ1n) is 17.3. The molecule has 0 radical (unpaired) electrons. The number of allylic oxidation sites excluding steroid dienone is 4. The molecule has 5 aromatic carbocycles. The van der Waals surface area contributed by atoms with E-state index in [1.54, 1.807) is 0 Å². The number of furan rings is 1. The SMILES string of the molecule is C1=Cc2c(oc3ccc(-c4ccncc4C4=NC(c5ccc(-c6ccccc6)cc5)=CC(c5ccccc5-c5ccccc5)=CC4)cc23)CC1. The Labute approximate surface area is 292 Å². The maximum atomic E-state index is 6.24. The lowest BCUT2D eigenvalue weighted by Crippen LogP contribution is -2.03. The summed E-state index contributed by atoms with van der Waals surface area (Å²) in [6, 6.07) is 47.2. The van der Waals surface area contributed by atoms with Gasteiger partial charge in [0, 0.05) is 47.3 Å². The van der Waals surface area contributed by atoms with Crippen LogP contribution in [0.2, 0.25) is 0 Å². The Bertz CT molecular complexity index is 2480. The van der Waals surface area contributed by atoms with Crippen molar-refractivity contribution < 1.29 is 4.42 Å². The molecular formula is C47H34N2O. The fourth-order valence-electron chi connectivity index (χ4n) is 7.21. The molecule has 0 amide bonds. The molecule has 0 saturated heterocycles. The molecule has 0 saturated carbocycles. The van der Waals surface area contributed by atoms with E-state index in [0.717, 1.165) is 68.8 Å². The van der Waals surface area contributed by atoms with Gasteiger partial charge in [-0.3, -0.25) is 9.98 Å². The second-order valence-corrected chi connectivity index (χ2v) is 12.8. The fraction of sp³-hybridized carbons (Fsp3) is 0.0638. The van der Waals surface area contributed by atoms with Crippen molar-refractivity contribution in [3.8, 4) is 33.4 Å². The highest BCUT2D eigenvalue weighted by Gasteiger charge is 2.20. The van der Waals surface area contributed by atoms with Crippen LogP contribution in [0.15, 0.2) is 173 Å². The van der Waals surface area contributed by atoms with Crippen molar-refractivity contribution in [3.05, 3.63) is 192 Å². The van der Waals surface area contributed by atoms with Gasteiger partial charge >= 0.3 is 0 Å². The summed E-state index contributed by atoms with van der Waals surface area (Å²) in [6.45, 7) is 0.